The van der Waals surface area contributed by atoms with Crippen LogP contribution < -0.4 is 5.32 Å². The van der Waals surface area contributed by atoms with Crippen LogP contribution in [0.4, 0.5) is 0 Å². The third-order valence-electron chi connectivity index (χ3n) is 1.79. The Hall–Kier alpha value is -1.22. The van der Waals surface area contributed by atoms with Gasteiger partial charge < -0.3 is 5.32 Å². The molecule has 0 unspecified atom stereocenters. The Kier molecular flexibility index (Phi) is 4.26. The van der Waals surface area contributed by atoms with Gasteiger partial charge in [-0.05, 0) is 24.6 Å². The van der Waals surface area contributed by atoms with Crippen molar-refractivity contribution in [1.82, 2.24) is 10.3 Å². The highest BCUT2D eigenvalue weighted by Crippen LogP contribution is 1.94. The van der Waals surface area contributed by atoms with Gasteiger partial charge >= 0.3 is 0 Å². The van der Waals surface area contributed by atoms with Crippen LogP contribution in [-0.4, -0.2) is 23.9 Å². The highest BCUT2D eigenvalue weighted by molar-refractivity contribution is 5.95. The van der Waals surface area contributed by atoms with Crippen LogP contribution in [0, 0.1) is 5.92 Å². The van der Waals surface area contributed by atoms with E-state index in [2.05, 4.69) is 24.1 Å². The first-order valence-corrected chi connectivity index (χ1v) is 4.85. The van der Waals surface area contributed by atoms with Crippen LogP contribution in [0.15, 0.2) is 24.4 Å². The molecule has 14 heavy (non-hydrogen) atoms. The van der Waals surface area contributed by atoms with Crippen molar-refractivity contribution in [3.05, 3.63) is 30.1 Å². The first-order chi connectivity index (χ1) is 6.70. The number of nitrogens with zero attached hydrogens (tertiary/aromatic N) is 1. The third-order valence-corrected chi connectivity index (χ3v) is 1.79. The smallest absolute Gasteiger partial charge is 0.194 e. The molecule has 0 saturated heterocycles. The molecule has 0 aliphatic rings. The summed E-state index contributed by atoms with van der Waals surface area (Å²) in [6.07, 6.45) is 1.63. The SMILES string of the molecule is CC(C)CNCC(=O)c1ccccn1. The molecule has 0 saturated carbocycles. The zero-order valence-electron chi connectivity index (χ0n) is 8.66. The van der Waals surface area contributed by atoms with Gasteiger partial charge in [0.1, 0.15) is 5.69 Å². The molecule has 1 N–H and O–H groups in total. The Balaban J connectivity index is 2.36. The fourth-order valence-electron chi connectivity index (χ4n) is 1.09. The van der Waals surface area contributed by atoms with Crippen LogP contribution in [-0.2, 0) is 0 Å². The Morgan fingerprint density at radius 3 is 2.86 bits per heavy atom. The maximum atomic E-state index is 11.5. The van der Waals surface area contributed by atoms with E-state index in [1.807, 2.05) is 6.07 Å². The molecule has 0 fully saturated rings. The predicted octanol–water partition coefficient (Wildman–Crippen LogP) is 1.51. The minimum atomic E-state index is 0.0475. The van der Waals surface area contributed by atoms with Crippen molar-refractivity contribution >= 4 is 5.78 Å². The number of Topliss-reactive ketones (excluding diaryl/α,β-unsaturated/α-hetero) is 1. The number of hydrogen-bond donors (Lipinski definition) is 1. The van der Waals surface area contributed by atoms with E-state index in [1.54, 1.807) is 18.3 Å². The molecule has 0 spiro atoms. The lowest BCUT2D eigenvalue weighted by molar-refractivity contribution is 0.0985. The molecule has 1 rings (SSSR count). The van der Waals surface area contributed by atoms with Gasteiger partial charge in [-0.3, -0.25) is 9.78 Å². The lowest BCUT2D eigenvalue weighted by atomic mass is 10.2. The van der Waals surface area contributed by atoms with Crippen LogP contribution in [0.2, 0.25) is 0 Å². The summed E-state index contributed by atoms with van der Waals surface area (Å²) in [5, 5.41) is 3.09. The Bertz CT molecular complexity index is 283. The summed E-state index contributed by atoms with van der Waals surface area (Å²) >= 11 is 0. The van der Waals surface area contributed by atoms with Gasteiger partial charge in [0.05, 0.1) is 6.54 Å². The van der Waals surface area contributed by atoms with Gasteiger partial charge in [0.25, 0.3) is 0 Å². The molecule has 76 valence electrons. The standard InChI is InChI=1S/C11H16N2O/c1-9(2)7-12-8-11(14)10-5-3-4-6-13-10/h3-6,9,12H,7-8H2,1-2H3. The summed E-state index contributed by atoms with van der Waals surface area (Å²) in [7, 11) is 0. The number of carbonyl (C=O) groups is 1. The molecular weight excluding hydrogens is 176 g/mol. The fraction of sp³-hybridized carbons (Fsp3) is 0.455. The zero-order valence-corrected chi connectivity index (χ0v) is 8.66. The Labute approximate surface area is 84.6 Å². The highest BCUT2D eigenvalue weighted by atomic mass is 16.1. The van der Waals surface area contributed by atoms with E-state index in [9.17, 15) is 4.79 Å². The number of nitrogens with one attached hydrogen (secondary N) is 1. The molecule has 0 aromatic carbocycles. The van der Waals surface area contributed by atoms with Gasteiger partial charge in [-0.2, -0.15) is 0 Å². The minimum Gasteiger partial charge on any atom is -0.309 e. The zero-order chi connectivity index (χ0) is 10.4. The van der Waals surface area contributed by atoms with Crippen molar-refractivity contribution in [3.63, 3.8) is 0 Å². The number of hydrogen-bond acceptors (Lipinski definition) is 3. The number of rotatable bonds is 5. The van der Waals surface area contributed by atoms with Crippen molar-refractivity contribution in [2.45, 2.75) is 13.8 Å². The largest absolute Gasteiger partial charge is 0.309 e. The second-order valence-corrected chi connectivity index (χ2v) is 3.66. The van der Waals surface area contributed by atoms with E-state index in [4.69, 9.17) is 0 Å². The number of carbonyl (C=O) groups excluding carboxylic acids is 1. The molecule has 1 aromatic heterocycles. The van der Waals surface area contributed by atoms with Gasteiger partial charge in [0.2, 0.25) is 0 Å². The van der Waals surface area contributed by atoms with Gasteiger partial charge in [0, 0.05) is 6.20 Å². The van der Waals surface area contributed by atoms with E-state index in [-0.39, 0.29) is 5.78 Å². The lowest BCUT2D eigenvalue weighted by Gasteiger charge is -2.05. The molecule has 0 aliphatic carbocycles. The predicted molar refractivity (Wildman–Crippen MR) is 56.3 cm³/mol. The molecule has 1 heterocycles. The van der Waals surface area contributed by atoms with Crippen LogP contribution >= 0.6 is 0 Å². The van der Waals surface area contributed by atoms with Crippen molar-refractivity contribution < 1.29 is 4.79 Å². The van der Waals surface area contributed by atoms with Gasteiger partial charge in [-0.15, -0.1) is 0 Å². The monoisotopic (exact) mass is 192 g/mol. The highest BCUT2D eigenvalue weighted by Gasteiger charge is 2.05. The molecule has 0 amide bonds. The van der Waals surface area contributed by atoms with Gasteiger partial charge in [-0.25, -0.2) is 0 Å². The molecule has 0 aliphatic heterocycles. The van der Waals surface area contributed by atoms with Gasteiger partial charge in [-0.1, -0.05) is 19.9 Å². The molecule has 1 aromatic rings. The second kappa shape index (κ2) is 5.50. The van der Waals surface area contributed by atoms with E-state index in [0.717, 1.165) is 6.54 Å². The summed E-state index contributed by atoms with van der Waals surface area (Å²) in [6.45, 7) is 5.45. The normalized spacial score (nSPS) is 10.5. The molecule has 0 atom stereocenters. The average molecular weight is 192 g/mol. The van der Waals surface area contributed by atoms with Crippen LogP contribution in [0.1, 0.15) is 24.3 Å². The quantitative estimate of drug-likeness (QED) is 0.719. The van der Waals surface area contributed by atoms with Crippen molar-refractivity contribution in [3.8, 4) is 0 Å². The van der Waals surface area contributed by atoms with Gasteiger partial charge in [0.15, 0.2) is 5.78 Å². The van der Waals surface area contributed by atoms with Crippen LogP contribution in [0.3, 0.4) is 0 Å². The maximum Gasteiger partial charge on any atom is 0.194 e. The number of ketones is 1. The fourth-order valence-corrected chi connectivity index (χ4v) is 1.09. The minimum absolute atomic E-state index is 0.0475. The van der Waals surface area contributed by atoms with Crippen LogP contribution in [0.25, 0.3) is 0 Å². The van der Waals surface area contributed by atoms with Crippen molar-refractivity contribution in [2.75, 3.05) is 13.1 Å². The van der Waals surface area contributed by atoms with E-state index in [1.165, 1.54) is 0 Å². The second-order valence-electron chi connectivity index (χ2n) is 3.66. The van der Waals surface area contributed by atoms with E-state index < -0.39 is 0 Å². The Morgan fingerprint density at radius 2 is 2.29 bits per heavy atom. The summed E-state index contributed by atoms with van der Waals surface area (Å²) in [5.74, 6) is 0.609. The van der Waals surface area contributed by atoms with Crippen molar-refractivity contribution in [1.29, 1.82) is 0 Å². The van der Waals surface area contributed by atoms with Crippen molar-refractivity contribution in [2.24, 2.45) is 5.92 Å². The maximum absolute atomic E-state index is 11.5. The topological polar surface area (TPSA) is 42.0 Å². The molecule has 3 heteroatoms. The summed E-state index contributed by atoms with van der Waals surface area (Å²) < 4.78 is 0. The average Bonchev–Trinajstić information content (AvgIpc) is 2.18. The molecular formula is C11H16N2O. The Morgan fingerprint density at radius 1 is 1.50 bits per heavy atom. The van der Waals surface area contributed by atoms with E-state index >= 15 is 0 Å². The number of aromatic nitrogens is 1. The first kappa shape index (κ1) is 10.9. The van der Waals surface area contributed by atoms with E-state index in [0.29, 0.717) is 18.2 Å². The van der Waals surface area contributed by atoms with Crippen LogP contribution in [0.5, 0.6) is 0 Å². The molecule has 3 nitrogen and oxygen atoms in total. The number of pyridine rings is 1. The molecule has 0 radical (unpaired) electrons. The summed E-state index contributed by atoms with van der Waals surface area (Å²) in [5.41, 5.74) is 0.531. The summed E-state index contributed by atoms with van der Waals surface area (Å²) in [6, 6.07) is 5.36. The first-order valence-electron chi connectivity index (χ1n) is 4.85. The molecule has 0 bridgehead atoms. The lowest BCUT2D eigenvalue weighted by Crippen LogP contribution is -2.27. The third kappa shape index (κ3) is 3.66. The summed E-state index contributed by atoms with van der Waals surface area (Å²) in [4.78, 5) is 15.5.